The second-order valence-corrected chi connectivity index (χ2v) is 26.9. The number of carbonyl (C=O) groups is 7. The average molecular weight is 1580 g/mol. The number of aromatic nitrogens is 2. The van der Waals surface area contributed by atoms with E-state index in [2.05, 4.69) is 26.3 Å². The molecule has 0 saturated carbocycles. The largest absolute Gasteiger partial charge is 0.477 e. The molecule has 8 rings (SSSR count). The van der Waals surface area contributed by atoms with Gasteiger partial charge in [-0.3, -0.25) is 37.9 Å². The number of hydrogen-bond acceptors (Lipinski definition) is 41. The molecule has 2 aromatic rings. The van der Waals surface area contributed by atoms with Crippen LogP contribution in [0, 0.1) is 5.92 Å². The fourth-order valence-corrected chi connectivity index (χ4v) is 13.6. The topological polar surface area (TPSA) is 708 Å². The molecule has 1 aromatic carbocycles. The van der Waals surface area contributed by atoms with E-state index in [0.29, 0.717) is 5.56 Å². The van der Waals surface area contributed by atoms with Gasteiger partial charge in [0.05, 0.1) is 51.8 Å². The SMILES string of the molecule is CO[C@@H]1C(CO)O[C@H](O[C@@H]2C(OC=O)O[C@@H](O[C@@H]3C(CO)O[C@H](O[C@@H]4C(OC=O)O[C@@H](OCCNC(=O)c5ccc(CNCC(=O)C[C@H]6C([C@H](O)[C@H](O)CO)O[C@](OP(=O)(O)OC[C@H]7O[C@@H](n8ccc(N)nc8=O)C(O)[C@H]7O)(C(=O)O)C[C@H]6O)cc5)C(O)[C@H]4O)C(NC(C)=O)[C@H]3O)C(O)[C@H]2O)C(NC(C)=O)[C@H]1O. The lowest BCUT2D eigenvalue weighted by molar-refractivity contribution is -0.398. The van der Waals surface area contributed by atoms with E-state index in [1.165, 1.54) is 37.4 Å². The Morgan fingerprint density at radius 3 is 1.81 bits per heavy atom. The molecule has 7 heterocycles. The summed E-state index contributed by atoms with van der Waals surface area (Å²) in [5, 5.41) is 173. The normalized spacial score (nSPS) is 37.5. The number of ketones is 1. The summed E-state index contributed by atoms with van der Waals surface area (Å²) in [6, 6.07) is 3.64. The summed E-state index contributed by atoms with van der Waals surface area (Å²) < 4.78 is 96.2. The van der Waals surface area contributed by atoms with Gasteiger partial charge >= 0.3 is 19.5 Å². The molecule has 3 amide bonds. The molecule has 6 aliphatic rings. The van der Waals surface area contributed by atoms with Crippen molar-refractivity contribution in [2.75, 3.05) is 59.0 Å². The first-order valence-corrected chi connectivity index (χ1v) is 34.6. The maximum Gasteiger partial charge on any atom is 0.475 e. The molecule has 31 atom stereocenters. The molecule has 22 N–H and O–H groups in total. The molecule has 0 radical (unpaired) electrons. The van der Waals surface area contributed by atoms with Crippen molar-refractivity contribution in [2.24, 2.45) is 5.92 Å². The molecular formula is C60H88N7O40P. The Labute approximate surface area is 609 Å². The van der Waals surface area contributed by atoms with Crippen LogP contribution >= 0.6 is 7.82 Å². The van der Waals surface area contributed by atoms with Gasteiger partial charge in [-0.15, -0.1) is 0 Å². The van der Waals surface area contributed by atoms with Gasteiger partial charge in [0, 0.05) is 64.6 Å². The van der Waals surface area contributed by atoms with E-state index >= 15 is 0 Å². The standard InChI is InChI=1S/C60H88N7O40P/c1-22(73)64-34-38(80)46(93-3)30(17-69)99-52(34)103-49-41(83)44(86)55(105-57(49)96-21-72)101-47-31(18-70)100-53(35(39(47)81)65-23(2)74)102-48-40(82)43(85)54(104-56(48)95-20-71)94-11-9-63-50(87)25-6-4-24(5-7-25)14-62-15-26(75)12-27-28(76)13-60(58(88)89,106-45(27)36(78)29(77)16-68)107-108(91,92)97-19-32-37(79)42(84)51(98-32)67-10-8-33(61)66-59(67)90/h4-8,10,20-21,27-32,34-49,51-57,62,68-70,76-86H,9,11-19H2,1-3H3,(H,63,87)(H,64,73)(H,65,74)(H,88,89)(H,91,92)(H2,61,66,90)/t27-,28-,29-,30?,31?,32-,34?,35?,36-,37+,38-,39-,40-,41-,42?,43?,44?,45?,46-,47-,48+,49+,51-,52-,53-,54-,55-,56?,57?,60-/m1/s1. The van der Waals surface area contributed by atoms with E-state index in [4.69, 9.17) is 76.4 Å². The summed E-state index contributed by atoms with van der Waals surface area (Å²) in [4.78, 5) is 114. The molecule has 0 bridgehead atoms. The van der Waals surface area contributed by atoms with Gasteiger partial charge in [0.15, 0.2) is 43.6 Å². The Balaban J connectivity index is 0.807. The van der Waals surface area contributed by atoms with Crippen molar-refractivity contribution in [3.63, 3.8) is 0 Å². The smallest absolute Gasteiger partial charge is 0.475 e. The molecule has 108 heavy (non-hydrogen) atoms. The van der Waals surface area contributed by atoms with Gasteiger partial charge < -0.3 is 170 Å². The minimum Gasteiger partial charge on any atom is -0.477 e. The number of phosphoric acid groups is 1. The highest BCUT2D eigenvalue weighted by atomic mass is 31.2. The lowest BCUT2D eigenvalue weighted by Gasteiger charge is -2.49. The number of methoxy groups -OCH3 is 1. The highest BCUT2D eigenvalue weighted by molar-refractivity contribution is 7.47. The summed E-state index contributed by atoms with van der Waals surface area (Å²) in [6.45, 7) is -3.58. The van der Waals surface area contributed by atoms with Crippen LogP contribution in [-0.2, 0) is 111 Å². The molecule has 1 aromatic heterocycles. The van der Waals surface area contributed by atoms with Crippen molar-refractivity contribution in [1.29, 1.82) is 0 Å². The first-order valence-electron chi connectivity index (χ1n) is 33.1. The first-order chi connectivity index (χ1) is 51.1. The molecule has 0 spiro atoms. The predicted molar refractivity (Wildman–Crippen MR) is 340 cm³/mol. The lowest BCUT2D eigenvalue weighted by Crippen LogP contribution is -2.70. The van der Waals surface area contributed by atoms with Crippen LogP contribution in [0.1, 0.15) is 48.8 Å². The fourth-order valence-electron chi connectivity index (χ4n) is 12.7. The maximum atomic E-state index is 13.4. The summed E-state index contributed by atoms with van der Waals surface area (Å²) in [7, 11) is -4.53. The number of amides is 3. The molecule has 11 unspecified atom stereocenters. The van der Waals surface area contributed by atoms with E-state index in [-0.39, 0.29) is 37.4 Å². The van der Waals surface area contributed by atoms with E-state index in [1.807, 2.05) is 0 Å². The molecule has 6 aliphatic heterocycles. The number of aliphatic hydroxyl groups excluding tert-OH is 14. The summed E-state index contributed by atoms with van der Waals surface area (Å²) in [5.41, 5.74) is 5.06. The number of aliphatic carboxylic acids is 1. The Morgan fingerprint density at radius 2 is 1.27 bits per heavy atom. The van der Waals surface area contributed by atoms with Gasteiger partial charge in [0.2, 0.25) is 24.4 Å². The van der Waals surface area contributed by atoms with Crippen molar-refractivity contribution >= 4 is 56.1 Å². The first kappa shape index (κ1) is 87.0. The number of nitrogens with two attached hydrogens (primary N) is 1. The number of carbonyl (C=O) groups excluding carboxylic acids is 6. The number of nitrogens with zero attached hydrogens (tertiary/aromatic N) is 2. The van der Waals surface area contributed by atoms with Gasteiger partial charge in [-0.25, -0.2) is 18.7 Å². The number of Topliss-reactive ketones (excluding diaryl/α,β-unsaturated/α-hetero) is 1. The van der Waals surface area contributed by atoms with Crippen molar-refractivity contribution in [2.45, 2.75) is 211 Å². The van der Waals surface area contributed by atoms with Crippen molar-refractivity contribution in [3.05, 3.63) is 58.1 Å². The summed E-state index contributed by atoms with van der Waals surface area (Å²) in [6.07, 6.45) is -50.5. The van der Waals surface area contributed by atoms with Crippen molar-refractivity contribution in [3.8, 4) is 0 Å². The van der Waals surface area contributed by atoms with Crippen LogP contribution in [0.2, 0.25) is 0 Å². The van der Waals surface area contributed by atoms with E-state index in [9.17, 15) is 124 Å². The van der Waals surface area contributed by atoms with Gasteiger partial charge in [0.25, 0.3) is 24.6 Å². The number of phosphoric ester groups is 1. The zero-order chi connectivity index (χ0) is 79.4. The number of rotatable bonds is 36. The van der Waals surface area contributed by atoms with Crippen molar-refractivity contribution < 1.29 is 190 Å². The monoisotopic (exact) mass is 1580 g/mol. The van der Waals surface area contributed by atoms with Gasteiger partial charge in [-0.1, -0.05) is 12.1 Å². The maximum absolute atomic E-state index is 13.4. The van der Waals surface area contributed by atoms with E-state index < -0.39 is 279 Å². The third kappa shape index (κ3) is 20.8. The van der Waals surface area contributed by atoms with Gasteiger partial charge in [0.1, 0.15) is 115 Å². The van der Waals surface area contributed by atoms with Crippen LogP contribution < -0.4 is 32.7 Å². The summed E-state index contributed by atoms with van der Waals surface area (Å²) >= 11 is 0. The second kappa shape index (κ2) is 38.6. The van der Waals surface area contributed by atoms with Crippen LogP contribution in [0.4, 0.5) is 5.82 Å². The summed E-state index contributed by atoms with van der Waals surface area (Å²) in [5.74, 6) is -10.3. The Bertz CT molecular complexity index is 3450. The molecule has 6 saturated heterocycles. The Morgan fingerprint density at radius 1 is 0.713 bits per heavy atom. The number of nitrogen functional groups attached to an aromatic ring is 1. The van der Waals surface area contributed by atoms with Crippen LogP contribution in [-0.4, -0.2) is 358 Å². The third-order valence-electron chi connectivity index (χ3n) is 18.1. The number of aliphatic hydroxyl groups is 14. The predicted octanol–water partition coefficient (Wildman–Crippen LogP) is -12.2. The zero-order valence-corrected chi connectivity index (χ0v) is 58.2. The number of nitrogens with one attached hydrogen (secondary N) is 4. The fraction of sp³-hybridized carbons (Fsp3) is 0.717. The minimum atomic E-state index is -5.72. The van der Waals surface area contributed by atoms with Gasteiger partial charge in [-0.2, -0.15) is 4.98 Å². The van der Waals surface area contributed by atoms with Crippen LogP contribution in [0.5, 0.6) is 0 Å². The number of carboxylic acid groups (broad SMARTS) is 1. The van der Waals surface area contributed by atoms with E-state index in [0.717, 1.165) is 24.6 Å². The van der Waals surface area contributed by atoms with Crippen LogP contribution in [0.25, 0.3) is 0 Å². The molecule has 0 aliphatic carbocycles. The zero-order valence-electron chi connectivity index (χ0n) is 57.3. The van der Waals surface area contributed by atoms with Crippen LogP contribution in [0.3, 0.4) is 0 Å². The second-order valence-electron chi connectivity index (χ2n) is 25.5. The van der Waals surface area contributed by atoms with Crippen molar-refractivity contribution in [1.82, 2.24) is 30.8 Å². The number of ether oxygens (including phenoxy) is 13. The number of anilines is 1. The lowest BCUT2D eigenvalue weighted by atomic mass is 9.80. The number of benzene rings is 1. The quantitative estimate of drug-likeness (QED) is 0.0171. The Hall–Kier alpha value is -6.54. The molecule has 6 fully saturated rings. The van der Waals surface area contributed by atoms with E-state index in [1.54, 1.807) is 0 Å². The number of hydrogen-bond donors (Lipinski definition) is 21. The van der Waals surface area contributed by atoms with Crippen LogP contribution in [0.15, 0.2) is 41.3 Å². The third-order valence-corrected chi connectivity index (χ3v) is 19.1. The average Bonchev–Trinajstić information content (AvgIpc) is 1.17. The molecular weight excluding hydrogens is 1490 g/mol. The molecule has 608 valence electrons. The molecule has 48 heteroatoms. The molecule has 47 nitrogen and oxygen atoms in total. The highest BCUT2D eigenvalue weighted by Crippen LogP contribution is 2.52. The highest BCUT2D eigenvalue weighted by Gasteiger charge is 2.61. The number of carboxylic acids is 1. The minimum absolute atomic E-state index is 0.0412. The van der Waals surface area contributed by atoms with Gasteiger partial charge in [-0.05, 0) is 23.8 Å². The Kier molecular flexibility index (Phi) is 31.1.